The zero-order valence-electron chi connectivity index (χ0n) is 30.0. The first kappa shape index (κ1) is 31.3. The molecule has 2 aromatic heterocycles. The number of benzene rings is 9. The Morgan fingerprint density at radius 1 is 0.482 bits per heavy atom. The van der Waals surface area contributed by atoms with Crippen LogP contribution in [0.1, 0.15) is 22.9 Å². The van der Waals surface area contributed by atoms with E-state index in [0.29, 0.717) is 5.84 Å². The topological polar surface area (TPSA) is 49.9 Å². The number of thiophene rings is 1. The Bertz CT molecular complexity index is 3430. The predicted molar refractivity (Wildman–Crippen MR) is 236 cm³/mol. The predicted octanol–water partition coefficient (Wildman–Crippen LogP) is 13.6. The largest absolute Gasteiger partial charge is 0.455 e. The molecule has 1 aliphatic heterocycles. The minimum Gasteiger partial charge on any atom is -0.455 e. The Labute approximate surface area is 325 Å². The summed E-state index contributed by atoms with van der Waals surface area (Å²) in [5.41, 5.74) is 7.15. The van der Waals surface area contributed by atoms with Crippen LogP contribution in [0.25, 0.3) is 85.6 Å². The summed E-state index contributed by atoms with van der Waals surface area (Å²) < 4.78 is 8.96. The fraction of sp³-hybridized carbons (Fsp3) is 0.0196. The fourth-order valence-corrected chi connectivity index (χ4v) is 9.90. The third-order valence-electron chi connectivity index (χ3n) is 11.3. The standard InChI is InChI=1S/C51H31N3OS/c1-2-13-30(14-3-1)49-52-50(33-16-12-15-31(27-33)32-25-26-38-36-19-5-4-17-34(36)35-18-6-7-20-37(35)41(38)28-32)54-51(53-49)43-29-42-39-21-8-10-23-44(39)55-47(42)46-40-22-9-11-24-45(40)56-48(43)46/h1-29,49H,(H,52,53,54). The molecule has 0 amide bonds. The number of para-hydroxylation sites is 1. The lowest BCUT2D eigenvalue weighted by Crippen LogP contribution is -2.33. The molecule has 1 unspecified atom stereocenters. The molecule has 0 saturated carbocycles. The molecule has 0 radical (unpaired) electrons. The van der Waals surface area contributed by atoms with E-state index in [1.165, 1.54) is 42.4 Å². The second-order valence-electron chi connectivity index (χ2n) is 14.5. The lowest BCUT2D eigenvalue weighted by atomic mass is 9.92. The summed E-state index contributed by atoms with van der Waals surface area (Å²) in [7, 11) is 0. The smallest absolute Gasteiger partial charge is 0.159 e. The average Bonchev–Trinajstić information content (AvgIpc) is 3.85. The summed E-state index contributed by atoms with van der Waals surface area (Å²) in [6.07, 6.45) is -0.330. The lowest BCUT2D eigenvalue weighted by molar-refractivity contribution is 0.672. The van der Waals surface area contributed by atoms with Crippen molar-refractivity contribution >= 4 is 97.4 Å². The van der Waals surface area contributed by atoms with Gasteiger partial charge in [-0.05, 0) is 79.3 Å². The Kier molecular flexibility index (Phi) is 6.83. The van der Waals surface area contributed by atoms with Crippen LogP contribution in [0.2, 0.25) is 0 Å². The van der Waals surface area contributed by atoms with Gasteiger partial charge < -0.3 is 9.73 Å². The second-order valence-corrected chi connectivity index (χ2v) is 15.6. The van der Waals surface area contributed by atoms with Gasteiger partial charge in [0, 0.05) is 37.4 Å². The van der Waals surface area contributed by atoms with Gasteiger partial charge in [-0.1, -0.05) is 146 Å². The molecule has 0 aliphatic carbocycles. The van der Waals surface area contributed by atoms with E-state index in [1.54, 1.807) is 11.3 Å². The van der Waals surface area contributed by atoms with Gasteiger partial charge in [0.1, 0.15) is 23.2 Å². The van der Waals surface area contributed by atoms with Gasteiger partial charge in [-0.3, -0.25) is 0 Å². The van der Waals surface area contributed by atoms with Gasteiger partial charge >= 0.3 is 0 Å². The van der Waals surface area contributed by atoms with Gasteiger partial charge in [-0.15, -0.1) is 11.3 Å². The summed E-state index contributed by atoms with van der Waals surface area (Å²) in [5.74, 6) is 1.49. The van der Waals surface area contributed by atoms with Crippen LogP contribution in [0.4, 0.5) is 0 Å². The molecule has 3 heterocycles. The first-order valence-corrected chi connectivity index (χ1v) is 19.7. The molecule has 5 heteroatoms. The van der Waals surface area contributed by atoms with E-state index < -0.39 is 0 Å². The molecule has 0 spiro atoms. The number of hydrogen-bond donors (Lipinski definition) is 1. The second kappa shape index (κ2) is 12.2. The molecule has 1 N–H and O–H groups in total. The highest BCUT2D eigenvalue weighted by Crippen LogP contribution is 2.44. The average molecular weight is 734 g/mol. The van der Waals surface area contributed by atoms with Crippen molar-refractivity contribution in [1.29, 1.82) is 0 Å². The fourth-order valence-electron chi connectivity index (χ4n) is 8.69. The van der Waals surface area contributed by atoms with Crippen molar-refractivity contribution in [2.75, 3.05) is 0 Å². The normalized spacial score (nSPS) is 14.6. The molecule has 9 aromatic carbocycles. The summed E-state index contributed by atoms with van der Waals surface area (Å²) in [6, 6.07) is 62.6. The van der Waals surface area contributed by atoms with Crippen molar-refractivity contribution in [2.45, 2.75) is 6.17 Å². The van der Waals surface area contributed by atoms with Crippen molar-refractivity contribution in [3.63, 3.8) is 0 Å². The summed E-state index contributed by atoms with van der Waals surface area (Å²) in [4.78, 5) is 10.7. The van der Waals surface area contributed by atoms with E-state index in [1.807, 2.05) is 12.1 Å². The maximum atomic E-state index is 6.60. The van der Waals surface area contributed by atoms with E-state index in [0.717, 1.165) is 65.7 Å². The molecule has 0 saturated heterocycles. The third kappa shape index (κ3) is 4.78. The minimum atomic E-state index is -0.330. The van der Waals surface area contributed by atoms with Crippen LogP contribution in [-0.2, 0) is 0 Å². The van der Waals surface area contributed by atoms with Crippen LogP contribution in [0, 0.1) is 0 Å². The number of aliphatic imine (C=N–C) groups is 2. The number of amidine groups is 2. The Balaban J connectivity index is 1.05. The summed E-state index contributed by atoms with van der Waals surface area (Å²) in [5, 5.41) is 15.8. The molecule has 262 valence electrons. The molecular weight excluding hydrogens is 703 g/mol. The molecule has 11 aromatic rings. The molecule has 12 rings (SSSR count). The van der Waals surface area contributed by atoms with E-state index in [4.69, 9.17) is 14.4 Å². The van der Waals surface area contributed by atoms with Crippen LogP contribution in [0.5, 0.6) is 0 Å². The van der Waals surface area contributed by atoms with Gasteiger partial charge in [0.25, 0.3) is 0 Å². The SMILES string of the molecule is c1ccc(C2N=C(c3cccc(-c4ccc5c6ccccc6c6ccccc6c5c4)c3)N=C(c3cc4c5ccccc5oc4c4c3sc3ccccc34)N2)cc1. The first-order valence-electron chi connectivity index (χ1n) is 18.9. The van der Waals surface area contributed by atoms with Crippen molar-refractivity contribution in [3.8, 4) is 11.1 Å². The Hall–Kier alpha value is -7.08. The number of nitrogens with one attached hydrogen (secondary N) is 1. The maximum Gasteiger partial charge on any atom is 0.159 e. The highest BCUT2D eigenvalue weighted by molar-refractivity contribution is 7.26. The van der Waals surface area contributed by atoms with Gasteiger partial charge in [-0.2, -0.15) is 0 Å². The summed E-state index contributed by atoms with van der Waals surface area (Å²) >= 11 is 1.78. The zero-order valence-corrected chi connectivity index (χ0v) is 30.8. The number of rotatable bonds is 4. The van der Waals surface area contributed by atoms with Crippen LogP contribution in [-0.4, -0.2) is 11.7 Å². The minimum absolute atomic E-state index is 0.330. The number of furan rings is 1. The highest BCUT2D eigenvalue weighted by atomic mass is 32.1. The number of nitrogens with zero attached hydrogens (tertiary/aromatic N) is 2. The van der Waals surface area contributed by atoms with Gasteiger partial charge in [-0.25, -0.2) is 9.98 Å². The number of hydrogen-bond acceptors (Lipinski definition) is 5. The molecular formula is C51H31N3OS. The summed E-state index contributed by atoms with van der Waals surface area (Å²) in [6.45, 7) is 0. The number of fused-ring (bicyclic) bond motifs is 13. The molecule has 0 fully saturated rings. The molecule has 0 bridgehead atoms. The monoisotopic (exact) mass is 733 g/mol. The third-order valence-corrected chi connectivity index (χ3v) is 12.5. The quantitative estimate of drug-likeness (QED) is 0.183. The van der Waals surface area contributed by atoms with E-state index in [2.05, 4.69) is 169 Å². The van der Waals surface area contributed by atoms with Gasteiger partial charge in [0.15, 0.2) is 5.84 Å². The zero-order chi connectivity index (χ0) is 36.7. The van der Waals surface area contributed by atoms with Crippen molar-refractivity contribution in [2.24, 2.45) is 9.98 Å². The molecule has 4 nitrogen and oxygen atoms in total. The van der Waals surface area contributed by atoms with Crippen molar-refractivity contribution in [3.05, 3.63) is 193 Å². The molecule has 56 heavy (non-hydrogen) atoms. The van der Waals surface area contributed by atoms with Crippen molar-refractivity contribution in [1.82, 2.24) is 5.32 Å². The van der Waals surface area contributed by atoms with Crippen LogP contribution in [0.3, 0.4) is 0 Å². The maximum absolute atomic E-state index is 6.60. The van der Waals surface area contributed by atoms with Crippen molar-refractivity contribution < 1.29 is 4.42 Å². The Morgan fingerprint density at radius 3 is 1.89 bits per heavy atom. The lowest BCUT2D eigenvalue weighted by Gasteiger charge is -2.24. The van der Waals surface area contributed by atoms with Crippen LogP contribution in [0.15, 0.2) is 190 Å². The van der Waals surface area contributed by atoms with Gasteiger partial charge in [0.2, 0.25) is 0 Å². The highest BCUT2D eigenvalue weighted by Gasteiger charge is 2.26. The van der Waals surface area contributed by atoms with E-state index in [9.17, 15) is 0 Å². The van der Waals surface area contributed by atoms with Crippen LogP contribution >= 0.6 is 11.3 Å². The Morgan fingerprint density at radius 2 is 1.11 bits per heavy atom. The van der Waals surface area contributed by atoms with Gasteiger partial charge in [0.05, 0.1) is 4.70 Å². The molecule has 1 aliphatic rings. The molecule has 1 atom stereocenters. The first-order chi connectivity index (χ1) is 27.7. The van der Waals surface area contributed by atoms with E-state index >= 15 is 0 Å². The van der Waals surface area contributed by atoms with E-state index in [-0.39, 0.29) is 6.17 Å². The van der Waals surface area contributed by atoms with Crippen LogP contribution < -0.4 is 5.32 Å².